The number of carboxylic acid groups (broad SMARTS) is 1. The number of hydrogen-bond donors (Lipinski definition) is 1. The summed E-state index contributed by atoms with van der Waals surface area (Å²) in [6.45, 7) is 6.74. The normalized spacial score (nSPS) is 11.6. The van der Waals surface area contributed by atoms with Gasteiger partial charge in [0.05, 0.1) is 0 Å². The molecule has 0 aliphatic rings. The van der Waals surface area contributed by atoms with Crippen molar-refractivity contribution in [3.63, 3.8) is 0 Å². The summed E-state index contributed by atoms with van der Waals surface area (Å²) < 4.78 is 5.17. The molecule has 0 aliphatic carbocycles. The number of rotatable bonds is 11. The van der Waals surface area contributed by atoms with Gasteiger partial charge in [-0.3, -0.25) is 0 Å². The first-order chi connectivity index (χ1) is 10.6. The number of unbranched alkanes of at least 4 members (excludes halogenated alkanes) is 3. The van der Waals surface area contributed by atoms with Gasteiger partial charge in [0.25, 0.3) is 0 Å². The molecule has 4 nitrogen and oxygen atoms in total. The third kappa shape index (κ3) is 5.52. The van der Waals surface area contributed by atoms with Gasteiger partial charge in [-0.1, -0.05) is 0 Å². The fourth-order valence-electron chi connectivity index (χ4n) is 3.02. The van der Waals surface area contributed by atoms with E-state index < -0.39 is 24.3 Å². The Morgan fingerprint density at radius 3 is 1.77 bits per heavy atom. The predicted octanol–water partition coefficient (Wildman–Crippen LogP) is 4.23. The van der Waals surface area contributed by atoms with Gasteiger partial charge in [-0.25, -0.2) is 0 Å². The van der Waals surface area contributed by atoms with Gasteiger partial charge < -0.3 is 0 Å². The molecule has 22 heavy (non-hydrogen) atoms. The Kier molecular flexibility index (Phi) is 8.98. The van der Waals surface area contributed by atoms with Crippen molar-refractivity contribution in [2.45, 2.75) is 72.6 Å². The third-order valence-corrected chi connectivity index (χ3v) is 19.5. The van der Waals surface area contributed by atoms with Crippen molar-refractivity contribution in [2.75, 3.05) is 0 Å². The van der Waals surface area contributed by atoms with Crippen molar-refractivity contribution in [3.05, 3.63) is 18.1 Å². The second-order valence-electron chi connectivity index (χ2n) is 6.18. The van der Waals surface area contributed by atoms with Crippen LogP contribution in [0.5, 0.6) is 0 Å². The topological polar surface area (TPSA) is 63.1 Å². The monoisotopic (exact) mass is 414 g/mol. The maximum absolute atomic E-state index is 11.0. The van der Waals surface area contributed by atoms with E-state index in [0.29, 0.717) is 0 Å². The van der Waals surface area contributed by atoms with Crippen LogP contribution in [0.2, 0.25) is 13.3 Å². The Morgan fingerprint density at radius 2 is 1.45 bits per heavy atom. The van der Waals surface area contributed by atoms with Crippen LogP contribution < -0.4 is 3.71 Å². The summed E-state index contributed by atoms with van der Waals surface area (Å²) in [6, 6.07) is 0. The number of aromatic carboxylic acids is 1. The van der Waals surface area contributed by atoms with Crippen molar-refractivity contribution >= 4 is 28.1 Å². The van der Waals surface area contributed by atoms with Crippen LogP contribution in [0.25, 0.3) is 0 Å². The standard InChI is InChI=1S/C5H3N2O2.3C4H9.Sn/c8-5(9)4-3-6-1-2-7-4;3*1-3-4-2;/h2-3H,(H,8,9);3*1,3-4H2,2H3;. The van der Waals surface area contributed by atoms with Gasteiger partial charge in [0.15, 0.2) is 0 Å². The molecule has 0 atom stereocenters. The first-order valence-corrected chi connectivity index (χ1v) is 16.1. The van der Waals surface area contributed by atoms with Crippen LogP contribution in [0.3, 0.4) is 0 Å². The van der Waals surface area contributed by atoms with Gasteiger partial charge in [-0.2, -0.15) is 0 Å². The molecular weight excluding hydrogens is 383 g/mol. The number of aromatic nitrogens is 2. The molecule has 0 radical (unpaired) electrons. The van der Waals surface area contributed by atoms with Gasteiger partial charge in [0.2, 0.25) is 0 Å². The first kappa shape index (κ1) is 19.4. The molecule has 0 unspecified atom stereocenters. The molecule has 0 saturated carbocycles. The first-order valence-electron chi connectivity index (χ1n) is 8.65. The van der Waals surface area contributed by atoms with Crippen LogP contribution in [-0.2, 0) is 0 Å². The summed E-state index contributed by atoms with van der Waals surface area (Å²) >= 11 is -2.54. The molecule has 1 N–H and O–H groups in total. The van der Waals surface area contributed by atoms with Crippen molar-refractivity contribution < 1.29 is 9.90 Å². The Bertz CT molecular complexity index is 427. The molecule has 0 saturated heterocycles. The van der Waals surface area contributed by atoms with Crippen LogP contribution in [0.15, 0.2) is 12.4 Å². The minimum absolute atomic E-state index is 0.0606. The summed E-state index contributed by atoms with van der Waals surface area (Å²) in [5.41, 5.74) is 0.0606. The number of hydrogen-bond acceptors (Lipinski definition) is 3. The van der Waals surface area contributed by atoms with Crippen molar-refractivity contribution in [3.8, 4) is 0 Å². The van der Waals surface area contributed by atoms with Gasteiger partial charge in [0, 0.05) is 0 Å². The maximum atomic E-state index is 11.0. The van der Waals surface area contributed by atoms with E-state index in [1.165, 1.54) is 61.7 Å². The molecule has 1 aromatic rings. The molecule has 0 bridgehead atoms. The average Bonchev–Trinajstić information content (AvgIpc) is 2.54. The summed E-state index contributed by atoms with van der Waals surface area (Å²) in [6.07, 6.45) is 10.7. The quantitative estimate of drug-likeness (QED) is 0.552. The van der Waals surface area contributed by atoms with Crippen molar-refractivity contribution in [2.24, 2.45) is 0 Å². The molecule has 5 heteroatoms. The molecule has 0 aliphatic heterocycles. The minimum atomic E-state index is -2.54. The van der Waals surface area contributed by atoms with Crippen molar-refractivity contribution in [1.29, 1.82) is 0 Å². The van der Waals surface area contributed by atoms with Gasteiger partial charge in [0.1, 0.15) is 0 Å². The van der Waals surface area contributed by atoms with Crippen LogP contribution >= 0.6 is 0 Å². The van der Waals surface area contributed by atoms with Gasteiger partial charge >= 0.3 is 139 Å². The molecule has 0 spiro atoms. The van der Waals surface area contributed by atoms with Crippen LogP contribution in [0.1, 0.15) is 69.8 Å². The Balaban J connectivity index is 3.09. The zero-order chi connectivity index (χ0) is 16.4. The Morgan fingerprint density at radius 1 is 0.955 bits per heavy atom. The molecular formula is C17H30N2O2Sn. The molecule has 1 rings (SSSR count). The fourth-order valence-corrected chi connectivity index (χ4v) is 18.1. The molecule has 0 amide bonds. The number of carboxylic acids is 1. The van der Waals surface area contributed by atoms with E-state index in [2.05, 4.69) is 30.7 Å². The van der Waals surface area contributed by atoms with Crippen LogP contribution in [0, 0.1) is 0 Å². The summed E-state index contributed by atoms with van der Waals surface area (Å²) in [5, 5.41) is 9.02. The van der Waals surface area contributed by atoms with E-state index >= 15 is 0 Å². The third-order valence-electron chi connectivity index (χ3n) is 4.44. The number of nitrogens with zero attached hydrogens (tertiary/aromatic N) is 2. The summed E-state index contributed by atoms with van der Waals surface area (Å²) in [4.78, 5) is 19.7. The van der Waals surface area contributed by atoms with E-state index in [4.69, 9.17) is 5.11 Å². The molecule has 1 aromatic heterocycles. The fraction of sp³-hybridized carbons (Fsp3) is 0.706. The summed E-state index contributed by atoms with van der Waals surface area (Å²) in [7, 11) is 0. The molecule has 1 heterocycles. The van der Waals surface area contributed by atoms with Gasteiger partial charge in [-0.15, -0.1) is 0 Å². The van der Waals surface area contributed by atoms with E-state index in [9.17, 15) is 4.79 Å². The van der Waals surface area contributed by atoms with E-state index in [1.807, 2.05) is 0 Å². The van der Waals surface area contributed by atoms with E-state index in [1.54, 1.807) is 6.20 Å². The predicted molar refractivity (Wildman–Crippen MR) is 93.5 cm³/mol. The van der Waals surface area contributed by atoms with Crippen LogP contribution in [-0.4, -0.2) is 39.4 Å². The summed E-state index contributed by atoms with van der Waals surface area (Å²) in [5.74, 6) is -0.990. The number of carbonyl (C=O) groups is 1. The SMILES string of the molecule is CCC[CH2][Sn]([CH2]CCC)([CH2]CCC)[c]1cnc(C(=O)O)cn1. The van der Waals surface area contributed by atoms with Crippen molar-refractivity contribution in [1.82, 2.24) is 9.97 Å². The van der Waals surface area contributed by atoms with E-state index in [-0.39, 0.29) is 5.69 Å². The Hall–Kier alpha value is -0.651. The second kappa shape index (κ2) is 10.2. The average molecular weight is 413 g/mol. The molecule has 124 valence electrons. The Labute approximate surface area is 138 Å². The van der Waals surface area contributed by atoms with Gasteiger partial charge in [-0.05, 0) is 0 Å². The second-order valence-corrected chi connectivity index (χ2v) is 19.2. The van der Waals surface area contributed by atoms with Crippen LogP contribution in [0.4, 0.5) is 0 Å². The molecule has 0 fully saturated rings. The zero-order valence-corrected chi connectivity index (χ0v) is 17.1. The van der Waals surface area contributed by atoms with E-state index in [0.717, 1.165) is 0 Å². The molecule has 0 aromatic carbocycles. The zero-order valence-electron chi connectivity index (χ0n) is 14.3.